The fourth-order valence-electron chi connectivity index (χ4n) is 3.59. The van der Waals surface area contributed by atoms with Gasteiger partial charge in [-0.15, -0.1) is 0 Å². The van der Waals surface area contributed by atoms with Crippen LogP contribution in [0.5, 0.6) is 5.75 Å². The fourth-order valence-corrected chi connectivity index (χ4v) is 3.99. The van der Waals surface area contributed by atoms with Gasteiger partial charge in [0.05, 0.1) is 12.8 Å². The van der Waals surface area contributed by atoms with Crippen molar-refractivity contribution in [3.8, 4) is 17.0 Å². The molecule has 0 bridgehead atoms. The molecule has 3 aromatic rings. The first kappa shape index (κ1) is 19.5. The molecule has 6 nitrogen and oxygen atoms in total. The van der Waals surface area contributed by atoms with Crippen molar-refractivity contribution < 1.29 is 9.53 Å². The van der Waals surface area contributed by atoms with E-state index >= 15 is 0 Å². The van der Waals surface area contributed by atoms with Crippen LogP contribution in [-0.2, 0) is 0 Å². The van der Waals surface area contributed by atoms with Crippen molar-refractivity contribution >= 4 is 27.7 Å². The van der Waals surface area contributed by atoms with E-state index in [2.05, 4.69) is 42.4 Å². The first-order valence-electron chi connectivity index (χ1n) is 9.63. The minimum Gasteiger partial charge on any atom is -0.497 e. The van der Waals surface area contributed by atoms with Gasteiger partial charge in [-0.2, -0.15) is 5.10 Å². The molecule has 0 aliphatic carbocycles. The summed E-state index contributed by atoms with van der Waals surface area (Å²) in [5, 5.41) is 10.8. The molecule has 2 heterocycles. The number of aromatic amines is 1. The van der Waals surface area contributed by atoms with Gasteiger partial charge in [-0.05, 0) is 60.9 Å². The zero-order valence-electron chi connectivity index (χ0n) is 16.2. The Morgan fingerprint density at radius 3 is 2.83 bits per heavy atom. The van der Waals surface area contributed by atoms with Gasteiger partial charge in [0, 0.05) is 35.2 Å². The number of benzene rings is 2. The van der Waals surface area contributed by atoms with Gasteiger partial charge in [0.1, 0.15) is 5.75 Å². The van der Waals surface area contributed by atoms with Crippen LogP contribution in [0.3, 0.4) is 0 Å². The topological polar surface area (TPSA) is 70.2 Å². The molecule has 1 aromatic heterocycles. The summed E-state index contributed by atoms with van der Waals surface area (Å²) in [6, 6.07) is 17.5. The van der Waals surface area contributed by atoms with Gasteiger partial charge in [0.25, 0.3) is 5.91 Å². The van der Waals surface area contributed by atoms with E-state index in [1.807, 2.05) is 48.5 Å². The van der Waals surface area contributed by atoms with Gasteiger partial charge in [-0.1, -0.05) is 22.0 Å². The number of anilines is 1. The number of H-pyrrole nitrogens is 1. The molecule has 2 N–H and O–H groups in total. The molecule has 1 aliphatic heterocycles. The van der Waals surface area contributed by atoms with Crippen LogP contribution in [0.4, 0.5) is 5.82 Å². The summed E-state index contributed by atoms with van der Waals surface area (Å²) in [4.78, 5) is 14.8. The zero-order chi connectivity index (χ0) is 20.2. The van der Waals surface area contributed by atoms with Gasteiger partial charge in [-0.25, -0.2) is 0 Å². The van der Waals surface area contributed by atoms with E-state index in [9.17, 15) is 4.79 Å². The van der Waals surface area contributed by atoms with Crippen LogP contribution in [0, 0.1) is 0 Å². The number of carbonyl (C=O) groups is 1. The number of hydrogen-bond donors (Lipinski definition) is 2. The number of nitrogens with one attached hydrogen (secondary N) is 2. The molecule has 1 aliphatic rings. The van der Waals surface area contributed by atoms with Crippen LogP contribution >= 0.6 is 15.9 Å². The fraction of sp³-hybridized carbons (Fsp3) is 0.273. The summed E-state index contributed by atoms with van der Waals surface area (Å²) in [5.41, 5.74) is 2.68. The molecule has 4 rings (SSSR count). The van der Waals surface area contributed by atoms with E-state index in [0.29, 0.717) is 5.56 Å². The van der Waals surface area contributed by atoms with E-state index in [0.717, 1.165) is 53.2 Å². The number of hydrogen-bond acceptors (Lipinski definition) is 4. The summed E-state index contributed by atoms with van der Waals surface area (Å²) in [6.45, 7) is 1.67. The molecule has 150 valence electrons. The van der Waals surface area contributed by atoms with Gasteiger partial charge in [0.15, 0.2) is 5.82 Å². The van der Waals surface area contributed by atoms with E-state index < -0.39 is 0 Å². The van der Waals surface area contributed by atoms with Crippen molar-refractivity contribution in [2.24, 2.45) is 0 Å². The van der Waals surface area contributed by atoms with Crippen LogP contribution in [0.2, 0.25) is 0 Å². The average molecular weight is 455 g/mol. The van der Waals surface area contributed by atoms with Crippen molar-refractivity contribution in [2.75, 3.05) is 25.1 Å². The maximum Gasteiger partial charge on any atom is 0.251 e. The van der Waals surface area contributed by atoms with Crippen LogP contribution in [0.25, 0.3) is 11.3 Å². The maximum atomic E-state index is 12.6. The molecule has 29 heavy (non-hydrogen) atoms. The third-order valence-electron chi connectivity index (χ3n) is 5.13. The van der Waals surface area contributed by atoms with E-state index in [-0.39, 0.29) is 11.9 Å². The molecular formula is C22H23BrN4O2. The number of nitrogens with zero attached hydrogens (tertiary/aromatic N) is 2. The zero-order valence-corrected chi connectivity index (χ0v) is 17.8. The minimum atomic E-state index is -0.0425. The summed E-state index contributed by atoms with van der Waals surface area (Å²) in [5.74, 6) is 1.69. The molecule has 1 saturated heterocycles. The number of aromatic nitrogens is 2. The molecule has 0 unspecified atom stereocenters. The van der Waals surface area contributed by atoms with Crippen LogP contribution in [0.15, 0.2) is 59.1 Å². The van der Waals surface area contributed by atoms with Gasteiger partial charge in [0.2, 0.25) is 0 Å². The first-order chi connectivity index (χ1) is 14.1. The SMILES string of the molecule is COc1ccc(-c2cc(N3CCC[C@@H](NC(=O)c4cccc(Br)c4)C3)n[nH]2)cc1. The lowest BCUT2D eigenvalue weighted by Crippen LogP contribution is -2.48. The quantitative estimate of drug-likeness (QED) is 0.604. The number of amides is 1. The Bertz CT molecular complexity index is 986. The van der Waals surface area contributed by atoms with Crippen molar-refractivity contribution in [3.05, 3.63) is 64.6 Å². The molecule has 0 saturated carbocycles. The van der Waals surface area contributed by atoms with E-state index in [1.165, 1.54) is 0 Å². The van der Waals surface area contributed by atoms with E-state index in [4.69, 9.17) is 4.74 Å². The van der Waals surface area contributed by atoms with Crippen molar-refractivity contribution in [1.82, 2.24) is 15.5 Å². The Morgan fingerprint density at radius 2 is 2.07 bits per heavy atom. The van der Waals surface area contributed by atoms with Crippen LogP contribution < -0.4 is 15.0 Å². The largest absolute Gasteiger partial charge is 0.497 e. The number of methoxy groups -OCH3 is 1. The van der Waals surface area contributed by atoms with Gasteiger partial charge in [-0.3, -0.25) is 9.89 Å². The minimum absolute atomic E-state index is 0.0425. The first-order valence-corrected chi connectivity index (χ1v) is 10.4. The highest BCUT2D eigenvalue weighted by Crippen LogP contribution is 2.26. The number of ether oxygens (including phenoxy) is 1. The van der Waals surface area contributed by atoms with Crippen molar-refractivity contribution in [1.29, 1.82) is 0 Å². The maximum absolute atomic E-state index is 12.6. The second-order valence-corrected chi connectivity index (χ2v) is 8.05. The van der Waals surface area contributed by atoms with Crippen LogP contribution in [-0.4, -0.2) is 42.3 Å². The monoisotopic (exact) mass is 454 g/mol. The predicted molar refractivity (Wildman–Crippen MR) is 117 cm³/mol. The lowest BCUT2D eigenvalue weighted by molar-refractivity contribution is 0.0933. The highest BCUT2D eigenvalue weighted by Gasteiger charge is 2.23. The third kappa shape index (κ3) is 4.62. The Hall–Kier alpha value is -2.80. The number of piperidine rings is 1. The highest BCUT2D eigenvalue weighted by molar-refractivity contribution is 9.10. The molecule has 0 radical (unpaired) electrons. The van der Waals surface area contributed by atoms with E-state index in [1.54, 1.807) is 7.11 Å². The van der Waals surface area contributed by atoms with Crippen molar-refractivity contribution in [2.45, 2.75) is 18.9 Å². The summed E-state index contributed by atoms with van der Waals surface area (Å²) in [7, 11) is 1.66. The molecular weight excluding hydrogens is 432 g/mol. The molecule has 2 aromatic carbocycles. The highest BCUT2D eigenvalue weighted by atomic mass is 79.9. The van der Waals surface area contributed by atoms with Crippen molar-refractivity contribution in [3.63, 3.8) is 0 Å². The lowest BCUT2D eigenvalue weighted by Gasteiger charge is -2.33. The second kappa shape index (κ2) is 8.69. The van der Waals surface area contributed by atoms with Gasteiger partial charge < -0.3 is 15.0 Å². The Morgan fingerprint density at radius 1 is 1.24 bits per heavy atom. The molecule has 1 atom stereocenters. The summed E-state index contributed by atoms with van der Waals surface area (Å²) >= 11 is 3.42. The molecule has 0 spiro atoms. The Kier molecular flexibility index (Phi) is 5.85. The standard InChI is InChI=1S/C22H23BrN4O2/c1-29-19-9-7-15(8-10-19)20-13-21(26-25-20)27-11-3-6-18(14-27)24-22(28)16-4-2-5-17(23)12-16/h2,4-5,7-10,12-13,18H,3,6,11,14H2,1H3,(H,24,28)(H,25,26)/t18-/m1/s1. The Labute approximate surface area is 178 Å². The normalized spacial score (nSPS) is 16.5. The third-order valence-corrected chi connectivity index (χ3v) is 5.63. The number of halogens is 1. The lowest BCUT2D eigenvalue weighted by atomic mass is 10.0. The molecule has 7 heteroatoms. The molecule has 1 amide bonds. The second-order valence-electron chi connectivity index (χ2n) is 7.14. The Balaban J connectivity index is 1.42. The van der Waals surface area contributed by atoms with Crippen LogP contribution in [0.1, 0.15) is 23.2 Å². The smallest absolute Gasteiger partial charge is 0.251 e. The summed E-state index contributed by atoms with van der Waals surface area (Å²) in [6.07, 6.45) is 1.97. The number of rotatable bonds is 5. The average Bonchev–Trinajstić information content (AvgIpc) is 3.24. The summed E-state index contributed by atoms with van der Waals surface area (Å²) < 4.78 is 6.12. The molecule has 1 fully saturated rings. The van der Waals surface area contributed by atoms with Gasteiger partial charge >= 0.3 is 0 Å². The predicted octanol–water partition coefficient (Wildman–Crippen LogP) is 4.25. The number of carbonyl (C=O) groups excluding carboxylic acids is 1.